The van der Waals surface area contributed by atoms with E-state index in [0.717, 1.165) is 38.2 Å². The Hall–Kier alpha value is -3.57. The van der Waals surface area contributed by atoms with Crippen LogP contribution in [0.3, 0.4) is 0 Å². The number of anilines is 1. The Labute approximate surface area is 313 Å². The molecule has 2 aromatic rings. The lowest BCUT2D eigenvalue weighted by atomic mass is 10.0. The Morgan fingerprint density at radius 1 is 1.06 bits per heavy atom. The van der Waals surface area contributed by atoms with Crippen LogP contribution in [0.15, 0.2) is 59.6 Å². The maximum atomic E-state index is 14.4. The molecule has 0 spiro atoms. The summed E-state index contributed by atoms with van der Waals surface area (Å²) in [6.45, 7) is 12.9. The number of nitrogens with zero attached hydrogens (tertiary/aromatic N) is 2. The first kappa shape index (κ1) is 40.6. The van der Waals surface area contributed by atoms with Gasteiger partial charge in [-0.2, -0.15) is 4.31 Å². The van der Waals surface area contributed by atoms with Crippen molar-refractivity contribution >= 4 is 33.3 Å². The van der Waals surface area contributed by atoms with Crippen LogP contribution in [-0.4, -0.2) is 125 Å². The first-order valence-electron chi connectivity index (χ1n) is 18.8. The third-order valence-electron chi connectivity index (χ3n) is 9.64. The van der Waals surface area contributed by atoms with Gasteiger partial charge in [-0.25, -0.2) is 13.2 Å². The number of alkyl carbamates (subject to hydrolysis) is 1. The SMILES string of the molecule is CCNCCN(/C=C1\C(=O)Nc2ccc(S(=O)(=O)N(CC(C)C)C[C@@H](O)[C@H](Cc3ccccc3)NC(=O)O[C@H]3COC4OCCC43)cc21)CCNCC. The number of aliphatic hydroxyl groups is 1. The number of sulfonamides is 1. The first-order chi connectivity index (χ1) is 25.5. The van der Waals surface area contributed by atoms with Crippen LogP contribution in [0.1, 0.15) is 45.2 Å². The summed E-state index contributed by atoms with van der Waals surface area (Å²) in [5.41, 5.74) is 2.26. The lowest BCUT2D eigenvalue weighted by Gasteiger charge is -2.31. The maximum absolute atomic E-state index is 14.4. The number of ether oxygens (including phenoxy) is 3. The average Bonchev–Trinajstić information content (AvgIpc) is 3.83. The van der Waals surface area contributed by atoms with Crippen molar-refractivity contribution in [2.45, 2.75) is 70.0 Å². The lowest BCUT2D eigenvalue weighted by Crippen LogP contribution is -2.51. The molecule has 2 unspecified atom stereocenters. The van der Waals surface area contributed by atoms with Gasteiger partial charge in [-0.3, -0.25) is 4.79 Å². The molecular formula is C38H56N6O8S. The number of carbonyl (C=O) groups is 2. The molecule has 0 saturated carbocycles. The summed E-state index contributed by atoms with van der Waals surface area (Å²) in [7, 11) is -4.18. The van der Waals surface area contributed by atoms with Crippen molar-refractivity contribution in [2.24, 2.45) is 11.8 Å². The third-order valence-corrected chi connectivity index (χ3v) is 11.5. The van der Waals surface area contributed by atoms with E-state index < -0.39 is 40.7 Å². The first-order valence-corrected chi connectivity index (χ1v) is 20.2. The molecule has 2 saturated heterocycles. The fourth-order valence-electron chi connectivity index (χ4n) is 6.86. The van der Waals surface area contributed by atoms with Gasteiger partial charge < -0.3 is 45.5 Å². The molecule has 3 heterocycles. The van der Waals surface area contributed by atoms with Crippen LogP contribution in [0.25, 0.3) is 5.57 Å². The van der Waals surface area contributed by atoms with Gasteiger partial charge in [0.05, 0.1) is 41.7 Å². The highest BCUT2D eigenvalue weighted by Gasteiger charge is 2.44. The number of hydrogen-bond acceptors (Lipinski definition) is 11. The van der Waals surface area contributed by atoms with Gasteiger partial charge in [0.2, 0.25) is 10.0 Å². The van der Waals surface area contributed by atoms with E-state index in [1.165, 1.54) is 16.4 Å². The molecule has 5 rings (SSSR count). The van der Waals surface area contributed by atoms with Crippen LogP contribution < -0.4 is 21.3 Å². The molecule has 14 nitrogen and oxygen atoms in total. The van der Waals surface area contributed by atoms with Gasteiger partial charge in [0.25, 0.3) is 5.91 Å². The zero-order valence-corrected chi connectivity index (χ0v) is 32.1. The van der Waals surface area contributed by atoms with Gasteiger partial charge in [-0.15, -0.1) is 0 Å². The summed E-state index contributed by atoms with van der Waals surface area (Å²) < 4.78 is 47.0. The molecule has 5 atom stereocenters. The highest BCUT2D eigenvalue weighted by molar-refractivity contribution is 7.89. The predicted octanol–water partition coefficient (Wildman–Crippen LogP) is 2.61. The standard InChI is InChI=1S/C38H56N6O8S/c1-5-39-15-17-43(18-16-40-6-2)23-31-30-21-28(12-13-32(30)41-36(31)46)53(48,49)44(22-26(3)4)24-34(45)33(20-27-10-8-7-9-11-27)42-38(47)52-35-25-51-37-29(35)14-19-50-37/h7-13,21,23,26,29,33-35,37,39-40,45H,5-6,14-20,22,24-25H2,1-4H3,(H,41,46)(H,42,47)/b31-23-/t29?,33-,34+,35-,37?/m0/s1. The molecule has 2 amide bonds. The van der Waals surface area contributed by atoms with Crippen LogP contribution in [0.4, 0.5) is 10.5 Å². The van der Waals surface area contributed by atoms with Crippen molar-refractivity contribution in [3.05, 3.63) is 65.9 Å². The number of carbonyl (C=O) groups excluding carboxylic acids is 2. The average molecular weight is 757 g/mol. The molecular weight excluding hydrogens is 701 g/mol. The molecule has 53 heavy (non-hydrogen) atoms. The van der Waals surface area contributed by atoms with Gasteiger partial charge in [0.15, 0.2) is 6.29 Å². The highest BCUT2D eigenvalue weighted by atomic mass is 32.2. The highest BCUT2D eigenvalue weighted by Crippen LogP contribution is 2.35. The van der Waals surface area contributed by atoms with Gasteiger partial charge in [0.1, 0.15) is 6.10 Å². The molecule has 3 aliphatic heterocycles. The Kier molecular flexibility index (Phi) is 14.7. The van der Waals surface area contributed by atoms with E-state index in [0.29, 0.717) is 36.5 Å². The second-order valence-corrected chi connectivity index (χ2v) is 16.1. The van der Waals surface area contributed by atoms with Crippen molar-refractivity contribution in [3.63, 3.8) is 0 Å². The van der Waals surface area contributed by atoms with E-state index in [4.69, 9.17) is 14.2 Å². The number of benzene rings is 2. The molecule has 2 aromatic carbocycles. The van der Waals surface area contributed by atoms with Crippen LogP contribution in [0.2, 0.25) is 0 Å². The molecule has 0 radical (unpaired) electrons. The predicted molar refractivity (Wildman–Crippen MR) is 202 cm³/mol. The number of aliphatic hydroxyl groups excluding tert-OH is 1. The molecule has 0 bridgehead atoms. The molecule has 5 N–H and O–H groups in total. The minimum Gasteiger partial charge on any atom is -0.443 e. The van der Waals surface area contributed by atoms with Crippen molar-refractivity contribution in [1.29, 1.82) is 0 Å². The largest absolute Gasteiger partial charge is 0.443 e. The zero-order valence-electron chi connectivity index (χ0n) is 31.3. The summed E-state index contributed by atoms with van der Waals surface area (Å²) in [5, 5.41) is 24.1. The van der Waals surface area contributed by atoms with Gasteiger partial charge in [-0.1, -0.05) is 58.0 Å². The summed E-state index contributed by atoms with van der Waals surface area (Å²) in [6.07, 6.45) is -0.129. The van der Waals surface area contributed by atoms with Crippen LogP contribution in [0, 0.1) is 11.8 Å². The third kappa shape index (κ3) is 10.8. The molecule has 3 aliphatic rings. The number of likely N-dealkylation sites (N-methyl/N-ethyl adjacent to an activating group) is 2. The van der Waals surface area contributed by atoms with Crippen molar-refractivity contribution in [2.75, 3.05) is 70.9 Å². The molecule has 0 aromatic heterocycles. The number of amides is 2. The topological polar surface area (TPSA) is 171 Å². The monoisotopic (exact) mass is 756 g/mol. The number of nitrogens with one attached hydrogen (secondary N) is 4. The van der Waals surface area contributed by atoms with E-state index in [1.54, 1.807) is 12.3 Å². The van der Waals surface area contributed by atoms with E-state index in [9.17, 15) is 23.1 Å². The Morgan fingerprint density at radius 2 is 1.77 bits per heavy atom. The quantitative estimate of drug-likeness (QED) is 0.0995. The normalized spacial score (nSPS) is 21.5. The number of rotatable bonds is 20. The number of hydrogen-bond donors (Lipinski definition) is 5. The van der Waals surface area contributed by atoms with Crippen LogP contribution in [0.5, 0.6) is 0 Å². The molecule has 2 fully saturated rings. The smallest absolute Gasteiger partial charge is 0.407 e. The van der Waals surface area contributed by atoms with E-state index in [1.807, 2.05) is 58.0 Å². The van der Waals surface area contributed by atoms with Crippen molar-refractivity contribution in [3.8, 4) is 0 Å². The number of fused-ring (bicyclic) bond motifs is 2. The van der Waals surface area contributed by atoms with Gasteiger partial charge in [0, 0.05) is 56.7 Å². The fraction of sp³-hybridized carbons (Fsp3) is 0.579. The van der Waals surface area contributed by atoms with Gasteiger partial charge in [-0.05, 0) is 55.6 Å². The maximum Gasteiger partial charge on any atom is 0.407 e. The Morgan fingerprint density at radius 3 is 2.45 bits per heavy atom. The van der Waals surface area contributed by atoms with Crippen molar-refractivity contribution < 1.29 is 37.3 Å². The zero-order chi connectivity index (χ0) is 38.0. The summed E-state index contributed by atoms with van der Waals surface area (Å²) in [5.74, 6) is -0.443. The van der Waals surface area contributed by atoms with Crippen LogP contribution >= 0.6 is 0 Å². The molecule has 292 valence electrons. The van der Waals surface area contributed by atoms with Gasteiger partial charge >= 0.3 is 6.09 Å². The summed E-state index contributed by atoms with van der Waals surface area (Å²) >= 11 is 0. The van der Waals surface area contributed by atoms with E-state index in [2.05, 4.69) is 26.2 Å². The minimum absolute atomic E-state index is 0.0000947. The second kappa shape index (κ2) is 19.1. The lowest BCUT2D eigenvalue weighted by molar-refractivity contribution is -0.110. The van der Waals surface area contributed by atoms with E-state index >= 15 is 0 Å². The summed E-state index contributed by atoms with van der Waals surface area (Å²) in [4.78, 5) is 28.5. The fourth-order valence-corrected chi connectivity index (χ4v) is 8.51. The minimum atomic E-state index is -4.18. The Balaban J connectivity index is 1.37. The molecule has 0 aliphatic carbocycles. The van der Waals surface area contributed by atoms with E-state index in [-0.39, 0.29) is 48.8 Å². The Bertz CT molecular complexity index is 1650. The second-order valence-electron chi connectivity index (χ2n) is 14.1. The molecule has 15 heteroatoms. The van der Waals surface area contributed by atoms with Crippen LogP contribution in [-0.2, 0) is 35.4 Å². The summed E-state index contributed by atoms with van der Waals surface area (Å²) in [6, 6.07) is 13.1. The van der Waals surface area contributed by atoms with Crippen molar-refractivity contribution in [1.82, 2.24) is 25.2 Å².